The minimum atomic E-state index is -1.33. The second-order valence-electron chi connectivity index (χ2n) is 3.74. The summed E-state index contributed by atoms with van der Waals surface area (Å²) in [6.45, 7) is 8.97. The number of hydrogen-bond donors (Lipinski definition) is 0. The normalized spacial score (nSPS) is 32.7. The van der Waals surface area contributed by atoms with Gasteiger partial charge in [0.1, 0.15) is 6.10 Å². The van der Waals surface area contributed by atoms with E-state index >= 15 is 0 Å². The Balaban J connectivity index is 2.46. The molecule has 1 rings (SSSR count). The van der Waals surface area contributed by atoms with Gasteiger partial charge in [-0.05, 0) is 25.8 Å². The average Bonchev–Trinajstić information content (AvgIpc) is 2.68. The highest BCUT2D eigenvalue weighted by atomic mass is 19.1. The topological polar surface area (TPSA) is 12.5 Å². The van der Waals surface area contributed by atoms with Gasteiger partial charge in [-0.3, -0.25) is 0 Å². The van der Waals surface area contributed by atoms with E-state index in [1.54, 1.807) is 13.8 Å². The van der Waals surface area contributed by atoms with Crippen molar-refractivity contribution in [1.82, 2.24) is 0 Å². The van der Waals surface area contributed by atoms with E-state index in [1.165, 1.54) is 0 Å². The summed E-state index contributed by atoms with van der Waals surface area (Å²) >= 11 is 0. The van der Waals surface area contributed by atoms with Crippen LogP contribution in [0.1, 0.15) is 33.6 Å². The summed E-state index contributed by atoms with van der Waals surface area (Å²) in [4.78, 5) is 0. The standard InChI is InChI=1S/C10H17FO/c1-5-6-8-9(12-8)10(4,11)7(2)3/h8-9H,2,5-6H2,1,3-4H3. The van der Waals surface area contributed by atoms with Gasteiger partial charge >= 0.3 is 0 Å². The van der Waals surface area contributed by atoms with E-state index in [1.807, 2.05) is 0 Å². The van der Waals surface area contributed by atoms with Crippen LogP contribution in [0.4, 0.5) is 4.39 Å². The Morgan fingerprint density at radius 1 is 1.67 bits per heavy atom. The van der Waals surface area contributed by atoms with Crippen LogP contribution in [0.25, 0.3) is 0 Å². The Morgan fingerprint density at radius 2 is 2.25 bits per heavy atom. The smallest absolute Gasteiger partial charge is 0.157 e. The van der Waals surface area contributed by atoms with Crippen molar-refractivity contribution in [3.8, 4) is 0 Å². The summed E-state index contributed by atoms with van der Waals surface area (Å²) in [5.74, 6) is 0. The zero-order valence-electron chi connectivity index (χ0n) is 8.06. The van der Waals surface area contributed by atoms with Gasteiger partial charge in [-0.15, -0.1) is 0 Å². The molecule has 0 radical (unpaired) electrons. The molecule has 0 aliphatic carbocycles. The van der Waals surface area contributed by atoms with Crippen molar-refractivity contribution in [2.24, 2.45) is 0 Å². The predicted molar refractivity (Wildman–Crippen MR) is 47.9 cm³/mol. The molecular formula is C10H17FO. The molecule has 3 atom stereocenters. The zero-order chi connectivity index (χ0) is 9.35. The van der Waals surface area contributed by atoms with E-state index in [0.29, 0.717) is 5.57 Å². The van der Waals surface area contributed by atoms with Crippen molar-refractivity contribution in [2.75, 3.05) is 0 Å². The first-order valence-corrected chi connectivity index (χ1v) is 4.50. The summed E-state index contributed by atoms with van der Waals surface area (Å²) < 4.78 is 19.0. The third-order valence-corrected chi connectivity index (χ3v) is 2.52. The minimum absolute atomic E-state index is 0.127. The molecule has 0 aromatic carbocycles. The molecule has 3 unspecified atom stereocenters. The molecule has 0 saturated carbocycles. The van der Waals surface area contributed by atoms with Crippen LogP contribution in [0.3, 0.4) is 0 Å². The lowest BCUT2D eigenvalue weighted by molar-refractivity contribution is 0.176. The van der Waals surface area contributed by atoms with Crippen molar-refractivity contribution in [1.29, 1.82) is 0 Å². The highest BCUT2D eigenvalue weighted by Crippen LogP contribution is 2.41. The monoisotopic (exact) mass is 172 g/mol. The molecule has 70 valence electrons. The van der Waals surface area contributed by atoms with E-state index in [-0.39, 0.29) is 12.2 Å². The summed E-state index contributed by atoms with van der Waals surface area (Å²) in [5.41, 5.74) is -0.772. The van der Waals surface area contributed by atoms with Gasteiger partial charge in [0, 0.05) is 0 Å². The van der Waals surface area contributed by atoms with E-state index in [0.717, 1.165) is 12.8 Å². The van der Waals surface area contributed by atoms with Gasteiger partial charge in [-0.2, -0.15) is 0 Å². The van der Waals surface area contributed by atoms with Crippen LogP contribution in [0.5, 0.6) is 0 Å². The SMILES string of the molecule is C=C(C)C(C)(F)C1OC1CCC. The number of epoxide rings is 1. The van der Waals surface area contributed by atoms with Crippen LogP contribution in [0, 0.1) is 0 Å². The molecule has 0 aromatic rings. The maximum absolute atomic E-state index is 13.7. The molecule has 1 fully saturated rings. The summed E-state index contributed by atoms with van der Waals surface area (Å²) in [6, 6.07) is 0. The lowest BCUT2D eigenvalue weighted by atomic mass is 9.94. The second kappa shape index (κ2) is 3.17. The molecule has 0 bridgehead atoms. The first-order chi connectivity index (χ1) is 5.50. The number of hydrogen-bond acceptors (Lipinski definition) is 1. The number of ether oxygens (including phenoxy) is 1. The third-order valence-electron chi connectivity index (χ3n) is 2.52. The largest absolute Gasteiger partial charge is 0.366 e. The Hall–Kier alpha value is -0.370. The Bertz CT molecular complexity index is 186. The van der Waals surface area contributed by atoms with Gasteiger partial charge in [0.25, 0.3) is 0 Å². The van der Waals surface area contributed by atoms with E-state index in [9.17, 15) is 4.39 Å². The average molecular weight is 172 g/mol. The molecule has 0 spiro atoms. The maximum Gasteiger partial charge on any atom is 0.157 e. The Kier molecular flexibility index (Phi) is 2.57. The molecule has 1 heterocycles. The molecule has 0 N–H and O–H groups in total. The van der Waals surface area contributed by atoms with Crippen molar-refractivity contribution >= 4 is 0 Å². The lowest BCUT2D eigenvalue weighted by Crippen LogP contribution is -2.28. The molecule has 1 saturated heterocycles. The zero-order valence-corrected chi connectivity index (χ0v) is 8.06. The van der Waals surface area contributed by atoms with Crippen molar-refractivity contribution < 1.29 is 9.13 Å². The number of rotatable bonds is 4. The molecule has 1 aliphatic heterocycles. The molecule has 1 aliphatic rings. The van der Waals surface area contributed by atoms with Crippen molar-refractivity contribution in [3.05, 3.63) is 12.2 Å². The molecular weight excluding hydrogens is 155 g/mol. The van der Waals surface area contributed by atoms with Gasteiger partial charge < -0.3 is 4.74 Å². The fourth-order valence-electron chi connectivity index (χ4n) is 1.37. The summed E-state index contributed by atoms with van der Waals surface area (Å²) in [6.07, 6.45) is 1.89. The van der Waals surface area contributed by atoms with Crippen LogP contribution < -0.4 is 0 Å². The van der Waals surface area contributed by atoms with Crippen molar-refractivity contribution in [3.63, 3.8) is 0 Å². The first kappa shape index (κ1) is 9.72. The fraction of sp³-hybridized carbons (Fsp3) is 0.800. The van der Waals surface area contributed by atoms with Crippen LogP contribution in [-0.2, 0) is 4.74 Å². The molecule has 1 nitrogen and oxygen atoms in total. The van der Waals surface area contributed by atoms with Crippen LogP contribution in [-0.4, -0.2) is 17.9 Å². The highest BCUT2D eigenvalue weighted by Gasteiger charge is 2.52. The van der Waals surface area contributed by atoms with Gasteiger partial charge in [-0.1, -0.05) is 19.9 Å². The third kappa shape index (κ3) is 1.69. The van der Waals surface area contributed by atoms with Crippen molar-refractivity contribution in [2.45, 2.75) is 51.5 Å². The molecule has 12 heavy (non-hydrogen) atoms. The predicted octanol–water partition coefficient (Wildman–Crippen LogP) is 2.86. The quantitative estimate of drug-likeness (QED) is 0.469. The molecule has 2 heteroatoms. The van der Waals surface area contributed by atoms with Crippen LogP contribution >= 0.6 is 0 Å². The summed E-state index contributed by atoms with van der Waals surface area (Å²) in [7, 11) is 0. The second-order valence-corrected chi connectivity index (χ2v) is 3.74. The van der Waals surface area contributed by atoms with Crippen LogP contribution in [0.15, 0.2) is 12.2 Å². The number of halogens is 1. The first-order valence-electron chi connectivity index (χ1n) is 4.50. The van der Waals surface area contributed by atoms with E-state index in [2.05, 4.69) is 13.5 Å². The van der Waals surface area contributed by atoms with E-state index < -0.39 is 5.67 Å². The lowest BCUT2D eigenvalue weighted by Gasteiger charge is -2.17. The van der Waals surface area contributed by atoms with E-state index in [4.69, 9.17) is 4.74 Å². The molecule has 0 aromatic heterocycles. The van der Waals surface area contributed by atoms with Gasteiger partial charge in [0.05, 0.1) is 6.10 Å². The Labute approximate surface area is 73.6 Å². The van der Waals surface area contributed by atoms with Crippen LogP contribution in [0.2, 0.25) is 0 Å². The minimum Gasteiger partial charge on any atom is -0.366 e. The van der Waals surface area contributed by atoms with Gasteiger partial charge in [0.2, 0.25) is 0 Å². The summed E-state index contributed by atoms with van der Waals surface area (Å²) in [5, 5.41) is 0. The van der Waals surface area contributed by atoms with Gasteiger partial charge in [0.15, 0.2) is 5.67 Å². The molecule has 0 amide bonds. The maximum atomic E-state index is 13.7. The Morgan fingerprint density at radius 3 is 2.67 bits per heavy atom. The fourth-order valence-corrected chi connectivity index (χ4v) is 1.37. The highest BCUT2D eigenvalue weighted by molar-refractivity contribution is 5.17. The number of alkyl halides is 1. The van der Waals surface area contributed by atoms with Gasteiger partial charge in [-0.25, -0.2) is 4.39 Å².